The molecule has 1 fully saturated rings. The molecule has 108 valence electrons. The fraction of sp³-hybridized carbons (Fsp3) is 0.385. The van der Waals surface area contributed by atoms with Crippen molar-refractivity contribution in [1.82, 2.24) is 10.2 Å². The largest absolute Gasteiger partial charge is 0.368 e. The molecule has 1 unspecified atom stereocenters. The van der Waals surface area contributed by atoms with Gasteiger partial charge in [-0.15, -0.1) is 0 Å². The summed E-state index contributed by atoms with van der Waals surface area (Å²) in [6.07, 6.45) is 0. The van der Waals surface area contributed by atoms with Crippen molar-refractivity contribution in [1.29, 1.82) is 0 Å². The number of hydrogen-bond acceptors (Lipinski definition) is 4. The number of halogens is 1. The van der Waals surface area contributed by atoms with Gasteiger partial charge in [0.15, 0.2) is 0 Å². The molecule has 1 aromatic carbocycles. The summed E-state index contributed by atoms with van der Waals surface area (Å²) in [4.78, 5) is 25.2. The molecule has 0 spiro atoms. The number of carbonyl (C=O) groups excluding carboxylic acids is 2. The molecule has 0 radical (unpaired) electrons. The fourth-order valence-electron chi connectivity index (χ4n) is 2.15. The van der Waals surface area contributed by atoms with Crippen molar-refractivity contribution >= 4 is 33.4 Å². The third-order valence-electron chi connectivity index (χ3n) is 3.18. The van der Waals surface area contributed by atoms with Crippen molar-refractivity contribution in [2.24, 2.45) is 5.73 Å². The molecule has 0 saturated carbocycles. The van der Waals surface area contributed by atoms with Gasteiger partial charge in [-0.05, 0) is 28.1 Å². The van der Waals surface area contributed by atoms with Crippen LogP contribution in [0.5, 0.6) is 0 Å². The maximum absolute atomic E-state index is 12.1. The third kappa shape index (κ3) is 3.78. The quantitative estimate of drug-likeness (QED) is 0.727. The summed E-state index contributed by atoms with van der Waals surface area (Å²) < 4.78 is 0.820. The van der Waals surface area contributed by atoms with Crippen molar-refractivity contribution < 1.29 is 9.59 Å². The molecule has 0 aliphatic carbocycles. The van der Waals surface area contributed by atoms with Gasteiger partial charge in [0.1, 0.15) is 6.04 Å². The predicted molar refractivity (Wildman–Crippen MR) is 80.2 cm³/mol. The van der Waals surface area contributed by atoms with Gasteiger partial charge in [-0.1, -0.05) is 12.1 Å². The minimum absolute atomic E-state index is 0.149. The average Bonchev–Trinajstić information content (AvgIpc) is 2.41. The average molecular weight is 341 g/mol. The fourth-order valence-corrected chi connectivity index (χ4v) is 2.54. The summed E-state index contributed by atoms with van der Waals surface area (Å²) in [6, 6.07) is 6.95. The zero-order chi connectivity index (χ0) is 14.5. The molecule has 1 saturated heterocycles. The molecule has 2 rings (SSSR count). The predicted octanol–water partition coefficient (Wildman–Crippen LogP) is 0.147. The SMILES string of the molecule is NC(=O)C1CNCCN1CC(=O)Nc1ccccc1Br. The highest BCUT2D eigenvalue weighted by Crippen LogP contribution is 2.21. The van der Waals surface area contributed by atoms with Crippen molar-refractivity contribution in [3.8, 4) is 0 Å². The van der Waals surface area contributed by atoms with Crippen LogP contribution >= 0.6 is 15.9 Å². The number of rotatable bonds is 4. The highest BCUT2D eigenvalue weighted by molar-refractivity contribution is 9.10. The Labute approximate surface area is 125 Å². The second-order valence-corrected chi connectivity index (χ2v) is 5.48. The molecular weight excluding hydrogens is 324 g/mol. The van der Waals surface area contributed by atoms with Crippen molar-refractivity contribution in [3.05, 3.63) is 28.7 Å². The van der Waals surface area contributed by atoms with E-state index in [0.29, 0.717) is 18.8 Å². The lowest BCUT2D eigenvalue weighted by atomic mass is 10.2. The third-order valence-corrected chi connectivity index (χ3v) is 3.87. The van der Waals surface area contributed by atoms with Crippen LogP contribution in [-0.2, 0) is 9.59 Å². The van der Waals surface area contributed by atoms with Crippen LogP contribution in [0.2, 0.25) is 0 Å². The van der Waals surface area contributed by atoms with Gasteiger partial charge in [-0.2, -0.15) is 0 Å². The molecule has 1 aliphatic rings. The van der Waals surface area contributed by atoms with E-state index in [2.05, 4.69) is 26.6 Å². The van der Waals surface area contributed by atoms with Crippen molar-refractivity contribution in [2.75, 3.05) is 31.5 Å². The Kier molecular flexibility index (Phi) is 5.11. The first-order valence-electron chi connectivity index (χ1n) is 6.36. The second-order valence-electron chi connectivity index (χ2n) is 4.62. The number of piperazine rings is 1. The molecule has 1 heterocycles. The lowest BCUT2D eigenvalue weighted by molar-refractivity contribution is -0.125. The van der Waals surface area contributed by atoms with Gasteiger partial charge in [-0.25, -0.2) is 0 Å². The van der Waals surface area contributed by atoms with E-state index in [-0.39, 0.29) is 12.5 Å². The van der Waals surface area contributed by atoms with Crippen molar-refractivity contribution in [2.45, 2.75) is 6.04 Å². The van der Waals surface area contributed by atoms with Gasteiger partial charge < -0.3 is 16.4 Å². The zero-order valence-corrected chi connectivity index (χ0v) is 12.5. The minimum Gasteiger partial charge on any atom is -0.368 e. The first kappa shape index (κ1) is 15.0. The molecular formula is C13H17BrN4O2. The van der Waals surface area contributed by atoms with Crippen LogP contribution in [-0.4, -0.2) is 48.9 Å². The molecule has 20 heavy (non-hydrogen) atoms. The van der Waals surface area contributed by atoms with Crippen LogP contribution in [0, 0.1) is 0 Å². The molecule has 1 aliphatic heterocycles. The number of amides is 2. The molecule has 1 aromatic rings. The number of carbonyl (C=O) groups is 2. The van der Waals surface area contributed by atoms with E-state index in [4.69, 9.17) is 5.73 Å². The molecule has 0 bridgehead atoms. The number of hydrogen-bond donors (Lipinski definition) is 3. The van der Waals surface area contributed by atoms with E-state index in [0.717, 1.165) is 11.0 Å². The lowest BCUT2D eigenvalue weighted by Gasteiger charge is -2.33. The lowest BCUT2D eigenvalue weighted by Crippen LogP contribution is -2.58. The standard InChI is InChI=1S/C13H17BrN4O2/c14-9-3-1-2-4-10(9)17-12(19)8-18-6-5-16-7-11(18)13(15)20/h1-4,11,16H,5-8H2,(H2,15,20)(H,17,19). The number of nitrogens with two attached hydrogens (primary N) is 1. The zero-order valence-electron chi connectivity index (χ0n) is 10.9. The number of nitrogens with zero attached hydrogens (tertiary/aromatic N) is 1. The molecule has 0 aromatic heterocycles. The van der Waals surface area contributed by atoms with Crippen LogP contribution in [0.3, 0.4) is 0 Å². The van der Waals surface area contributed by atoms with Crippen LogP contribution in [0.25, 0.3) is 0 Å². The summed E-state index contributed by atoms with van der Waals surface area (Å²) in [5.74, 6) is -0.573. The Hall–Kier alpha value is -1.44. The normalized spacial score (nSPS) is 19.6. The molecule has 4 N–H and O–H groups in total. The summed E-state index contributed by atoms with van der Waals surface area (Å²) >= 11 is 3.37. The molecule has 1 atom stereocenters. The topological polar surface area (TPSA) is 87.5 Å². The molecule has 2 amide bonds. The number of para-hydroxylation sites is 1. The smallest absolute Gasteiger partial charge is 0.238 e. The highest BCUT2D eigenvalue weighted by Gasteiger charge is 2.28. The van der Waals surface area contributed by atoms with Crippen LogP contribution in [0.15, 0.2) is 28.7 Å². The van der Waals surface area contributed by atoms with Gasteiger partial charge in [0.05, 0.1) is 12.2 Å². The maximum Gasteiger partial charge on any atom is 0.238 e. The van der Waals surface area contributed by atoms with E-state index in [1.807, 2.05) is 24.3 Å². The number of anilines is 1. The van der Waals surface area contributed by atoms with Gasteiger partial charge in [-0.3, -0.25) is 14.5 Å². The monoisotopic (exact) mass is 340 g/mol. The van der Waals surface area contributed by atoms with Crippen LogP contribution in [0.1, 0.15) is 0 Å². The van der Waals surface area contributed by atoms with Gasteiger partial charge in [0, 0.05) is 24.1 Å². The summed E-state index contributed by atoms with van der Waals surface area (Å²) in [6.45, 7) is 2.00. The van der Waals surface area contributed by atoms with Crippen molar-refractivity contribution in [3.63, 3.8) is 0 Å². The summed E-state index contributed by atoms with van der Waals surface area (Å²) in [7, 11) is 0. The first-order valence-corrected chi connectivity index (χ1v) is 7.15. The maximum atomic E-state index is 12.1. The Morgan fingerprint density at radius 1 is 1.45 bits per heavy atom. The van der Waals surface area contributed by atoms with Gasteiger partial charge in [0.2, 0.25) is 11.8 Å². The van der Waals surface area contributed by atoms with Gasteiger partial charge in [0.25, 0.3) is 0 Å². The number of benzene rings is 1. The van der Waals surface area contributed by atoms with E-state index in [9.17, 15) is 9.59 Å². The van der Waals surface area contributed by atoms with E-state index >= 15 is 0 Å². The van der Waals surface area contributed by atoms with Crippen LogP contribution in [0.4, 0.5) is 5.69 Å². The van der Waals surface area contributed by atoms with E-state index in [1.54, 1.807) is 4.90 Å². The number of primary amides is 1. The van der Waals surface area contributed by atoms with Gasteiger partial charge >= 0.3 is 0 Å². The summed E-state index contributed by atoms with van der Waals surface area (Å²) in [5, 5.41) is 5.91. The Balaban J connectivity index is 1.96. The summed E-state index contributed by atoms with van der Waals surface area (Å²) in [5.41, 5.74) is 6.06. The minimum atomic E-state index is -0.436. The molecule has 6 nitrogen and oxygen atoms in total. The Bertz CT molecular complexity index is 509. The second kappa shape index (κ2) is 6.83. The highest BCUT2D eigenvalue weighted by atomic mass is 79.9. The van der Waals surface area contributed by atoms with E-state index in [1.165, 1.54) is 0 Å². The Morgan fingerprint density at radius 2 is 2.20 bits per heavy atom. The van der Waals surface area contributed by atoms with Crippen LogP contribution < -0.4 is 16.4 Å². The first-order chi connectivity index (χ1) is 9.58. The number of nitrogens with one attached hydrogen (secondary N) is 2. The van der Waals surface area contributed by atoms with E-state index < -0.39 is 11.9 Å². The molecule has 7 heteroatoms. The Morgan fingerprint density at radius 3 is 2.90 bits per heavy atom.